The Kier molecular flexibility index (Phi) is 4.04. The number of aryl methyl sites for hydroxylation is 1. The summed E-state index contributed by atoms with van der Waals surface area (Å²) in [4.78, 5) is 2.61. The maximum Gasteiger partial charge on any atom is 0.0237 e. The van der Waals surface area contributed by atoms with Crippen LogP contribution in [0.1, 0.15) is 24.5 Å². The van der Waals surface area contributed by atoms with Crippen LogP contribution < -0.4 is 0 Å². The minimum Gasteiger partial charge on any atom is -0.295 e. The van der Waals surface area contributed by atoms with Gasteiger partial charge in [0.2, 0.25) is 0 Å². The van der Waals surface area contributed by atoms with Crippen molar-refractivity contribution in [1.82, 2.24) is 4.90 Å². The highest BCUT2D eigenvalue weighted by Crippen LogP contribution is 2.26. The highest BCUT2D eigenvalue weighted by molar-refractivity contribution is 9.09. The van der Waals surface area contributed by atoms with Gasteiger partial charge in [0.15, 0.2) is 0 Å². The van der Waals surface area contributed by atoms with Crippen molar-refractivity contribution in [2.45, 2.75) is 32.9 Å². The van der Waals surface area contributed by atoms with Gasteiger partial charge in [-0.3, -0.25) is 4.90 Å². The van der Waals surface area contributed by atoms with Crippen molar-refractivity contribution < 1.29 is 0 Å². The molecule has 2 unspecified atom stereocenters. The average molecular weight is 282 g/mol. The standard InChI is InChI=1S/C14H20BrN/c1-11-4-3-5-13(8-11)10-16-7-6-12(2)14(16)9-15/h3-5,8,12,14H,6-7,9-10H2,1-2H3. The fraction of sp³-hybridized carbons (Fsp3) is 0.571. The molecule has 1 aromatic rings. The fourth-order valence-corrected chi connectivity index (χ4v) is 3.63. The van der Waals surface area contributed by atoms with Crippen LogP contribution >= 0.6 is 15.9 Å². The van der Waals surface area contributed by atoms with E-state index in [1.165, 1.54) is 24.1 Å². The van der Waals surface area contributed by atoms with Gasteiger partial charge in [-0.15, -0.1) is 0 Å². The van der Waals surface area contributed by atoms with E-state index in [0.717, 1.165) is 17.8 Å². The molecular formula is C14H20BrN. The van der Waals surface area contributed by atoms with Gasteiger partial charge in [0.1, 0.15) is 0 Å². The summed E-state index contributed by atoms with van der Waals surface area (Å²) in [6.45, 7) is 6.87. The lowest BCUT2D eigenvalue weighted by atomic mass is 10.0. The van der Waals surface area contributed by atoms with Crippen molar-refractivity contribution in [3.8, 4) is 0 Å². The molecule has 88 valence electrons. The molecule has 2 heteroatoms. The third-order valence-electron chi connectivity index (χ3n) is 3.62. The predicted molar refractivity (Wildman–Crippen MR) is 73.0 cm³/mol. The van der Waals surface area contributed by atoms with Gasteiger partial charge in [-0.1, -0.05) is 52.7 Å². The average Bonchev–Trinajstić information content (AvgIpc) is 2.59. The lowest BCUT2D eigenvalue weighted by Gasteiger charge is -2.25. The summed E-state index contributed by atoms with van der Waals surface area (Å²) in [5.74, 6) is 0.823. The van der Waals surface area contributed by atoms with E-state index in [-0.39, 0.29) is 0 Å². The molecule has 0 aliphatic carbocycles. The molecule has 1 aromatic carbocycles. The largest absolute Gasteiger partial charge is 0.295 e. The number of benzene rings is 1. The Morgan fingerprint density at radius 2 is 2.25 bits per heavy atom. The Morgan fingerprint density at radius 1 is 1.44 bits per heavy atom. The van der Waals surface area contributed by atoms with Crippen molar-refractivity contribution in [3.63, 3.8) is 0 Å². The molecule has 1 aliphatic rings. The molecule has 16 heavy (non-hydrogen) atoms. The molecule has 1 saturated heterocycles. The van der Waals surface area contributed by atoms with E-state index < -0.39 is 0 Å². The molecule has 0 aromatic heterocycles. The number of nitrogens with zero attached hydrogens (tertiary/aromatic N) is 1. The zero-order valence-electron chi connectivity index (χ0n) is 10.1. The summed E-state index contributed by atoms with van der Waals surface area (Å²) in [5.41, 5.74) is 2.81. The van der Waals surface area contributed by atoms with Gasteiger partial charge in [-0.2, -0.15) is 0 Å². The minimum atomic E-state index is 0.709. The van der Waals surface area contributed by atoms with Crippen LogP contribution in [0.2, 0.25) is 0 Å². The third-order valence-corrected chi connectivity index (χ3v) is 4.29. The Bertz CT molecular complexity index is 350. The summed E-state index contributed by atoms with van der Waals surface area (Å²) < 4.78 is 0. The predicted octanol–water partition coefficient (Wildman–Crippen LogP) is 3.60. The molecule has 2 rings (SSSR count). The van der Waals surface area contributed by atoms with E-state index in [9.17, 15) is 0 Å². The lowest BCUT2D eigenvalue weighted by molar-refractivity contribution is 0.244. The van der Waals surface area contributed by atoms with Crippen molar-refractivity contribution in [2.75, 3.05) is 11.9 Å². The van der Waals surface area contributed by atoms with Crippen LogP contribution in [0, 0.1) is 12.8 Å². The van der Waals surface area contributed by atoms with Gasteiger partial charge in [-0.25, -0.2) is 0 Å². The summed E-state index contributed by atoms with van der Waals surface area (Å²) in [6.07, 6.45) is 1.34. The van der Waals surface area contributed by atoms with Gasteiger partial charge >= 0.3 is 0 Å². The van der Waals surface area contributed by atoms with E-state index in [1.54, 1.807) is 0 Å². The highest BCUT2D eigenvalue weighted by atomic mass is 79.9. The molecule has 1 nitrogen and oxygen atoms in total. The van der Waals surface area contributed by atoms with Gasteiger partial charge in [-0.05, 0) is 31.4 Å². The Labute approximate surface area is 107 Å². The molecule has 2 atom stereocenters. The molecule has 0 radical (unpaired) electrons. The topological polar surface area (TPSA) is 3.24 Å². The van der Waals surface area contributed by atoms with E-state index >= 15 is 0 Å². The van der Waals surface area contributed by atoms with Gasteiger partial charge in [0, 0.05) is 17.9 Å². The summed E-state index contributed by atoms with van der Waals surface area (Å²) in [7, 11) is 0. The van der Waals surface area contributed by atoms with Crippen LogP contribution in [0.25, 0.3) is 0 Å². The van der Waals surface area contributed by atoms with Crippen LogP contribution in [-0.2, 0) is 6.54 Å². The number of hydrogen-bond donors (Lipinski definition) is 0. The first-order valence-electron chi connectivity index (χ1n) is 6.06. The summed E-state index contributed by atoms with van der Waals surface area (Å²) in [5, 5.41) is 1.10. The van der Waals surface area contributed by atoms with E-state index in [1.807, 2.05) is 0 Å². The van der Waals surface area contributed by atoms with Crippen LogP contribution in [0.4, 0.5) is 0 Å². The molecule has 1 aliphatic heterocycles. The molecule has 0 N–H and O–H groups in total. The van der Waals surface area contributed by atoms with Crippen LogP contribution in [0.15, 0.2) is 24.3 Å². The van der Waals surface area contributed by atoms with Crippen molar-refractivity contribution in [2.24, 2.45) is 5.92 Å². The van der Waals surface area contributed by atoms with Crippen LogP contribution in [-0.4, -0.2) is 22.8 Å². The second-order valence-corrected chi connectivity index (χ2v) is 5.59. The zero-order chi connectivity index (χ0) is 11.5. The minimum absolute atomic E-state index is 0.709. The second kappa shape index (κ2) is 5.33. The zero-order valence-corrected chi connectivity index (χ0v) is 11.7. The second-order valence-electron chi connectivity index (χ2n) is 4.95. The van der Waals surface area contributed by atoms with Gasteiger partial charge in [0.25, 0.3) is 0 Å². The lowest BCUT2D eigenvalue weighted by Crippen LogP contribution is -2.32. The molecular weight excluding hydrogens is 262 g/mol. The Morgan fingerprint density at radius 3 is 2.94 bits per heavy atom. The molecule has 1 fully saturated rings. The van der Waals surface area contributed by atoms with E-state index in [0.29, 0.717) is 6.04 Å². The molecule has 0 saturated carbocycles. The Hall–Kier alpha value is -0.340. The summed E-state index contributed by atoms with van der Waals surface area (Å²) >= 11 is 3.64. The third kappa shape index (κ3) is 2.67. The van der Waals surface area contributed by atoms with Gasteiger partial charge < -0.3 is 0 Å². The Balaban J connectivity index is 2.04. The van der Waals surface area contributed by atoms with E-state index in [4.69, 9.17) is 0 Å². The van der Waals surface area contributed by atoms with E-state index in [2.05, 4.69) is 58.9 Å². The normalized spacial score (nSPS) is 26.2. The van der Waals surface area contributed by atoms with Crippen molar-refractivity contribution in [1.29, 1.82) is 0 Å². The smallest absolute Gasteiger partial charge is 0.0237 e. The number of halogens is 1. The number of rotatable bonds is 3. The SMILES string of the molecule is Cc1cccc(CN2CCC(C)C2CBr)c1. The first-order valence-corrected chi connectivity index (χ1v) is 7.18. The number of likely N-dealkylation sites (tertiary alicyclic amines) is 1. The first-order chi connectivity index (χ1) is 7.70. The van der Waals surface area contributed by atoms with Crippen LogP contribution in [0.5, 0.6) is 0 Å². The number of hydrogen-bond acceptors (Lipinski definition) is 1. The molecule has 0 spiro atoms. The number of alkyl halides is 1. The maximum absolute atomic E-state index is 3.64. The monoisotopic (exact) mass is 281 g/mol. The molecule has 0 bridgehead atoms. The van der Waals surface area contributed by atoms with Gasteiger partial charge in [0.05, 0.1) is 0 Å². The quantitative estimate of drug-likeness (QED) is 0.766. The highest BCUT2D eigenvalue weighted by Gasteiger charge is 2.29. The van der Waals surface area contributed by atoms with Crippen molar-refractivity contribution >= 4 is 15.9 Å². The molecule has 1 heterocycles. The van der Waals surface area contributed by atoms with Crippen molar-refractivity contribution in [3.05, 3.63) is 35.4 Å². The summed E-state index contributed by atoms with van der Waals surface area (Å²) in [6, 6.07) is 9.57. The van der Waals surface area contributed by atoms with Crippen LogP contribution in [0.3, 0.4) is 0 Å². The fourth-order valence-electron chi connectivity index (χ4n) is 2.58. The first kappa shape index (κ1) is 12.1. The maximum atomic E-state index is 3.64. The molecule has 0 amide bonds.